The number of aryl methyl sites for hydroxylation is 1. The van der Waals surface area contributed by atoms with Gasteiger partial charge in [-0.3, -0.25) is 4.79 Å². The third-order valence-corrected chi connectivity index (χ3v) is 6.10. The van der Waals surface area contributed by atoms with E-state index in [9.17, 15) is 9.90 Å². The molecule has 174 valence electrons. The van der Waals surface area contributed by atoms with Gasteiger partial charge in [-0.1, -0.05) is 35.5 Å². The summed E-state index contributed by atoms with van der Waals surface area (Å²) in [6.07, 6.45) is 4.77. The van der Waals surface area contributed by atoms with Gasteiger partial charge < -0.3 is 20.3 Å². The van der Waals surface area contributed by atoms with Gasteiger partial charge in [0, 0.05) is 29.7 Å². The van der Waals surface area contributed by atoms with Crippen molar-refractivity contribution < 1.29 is 14.4 Å². The number of aromatic nitrogens is 4. The quantitative estimate of drug-likeness (QED) is 0.400. The molecule has 5 rings (SSSR count). The minimum absolute atomic E-state index is 0.215. The van der Waals surface area contributed by atoms with Crippen molar-refractivity contribution in [3.05, 3.63) is 65.6 Å². The van der Waals surface area contributed by atoms with E-state index in [1.54, 1.807) is 19.2 Å². The number of anilines is 1. The van der Waals surface area contributed by atoms with E-state index in [4.69, 9.17) is 4.52 Å². The summed E-state index contributed by atoms with van der Waals surface area (Å²) in [5.41, 5.74) is 2.73. The molecule has 0 radical (unpaired) electrons. The van der Waals surface area contributed by atoms with Crippen LogP contribution in [0.25, 0.3) is 22.4 Å². The van der Waals surface area contributed by atoms with Gasteiger partial charge >= 0.3 is 0 Å². The van der Waals surface area contributed by atoms with Crippen LogP contribution < -0.4 is 10.6 Å². The highest BCUT2D eigenvalue weighted by Crippen LogP contribution is 2.24. The number of hydrogen-bond acceptors (Lipinski definition) is 8. The van der Waals surface area contributed by atoms with Gasteiger partial charge in [0.1, 0.15) is 0 Å². The molecular formula is C25H26N6O3. The lowest BCUT2D eigenvalue weighted by Gasteiger charge is -2.26. The molecule has 3 N–H and O–H groups in total. The number of benzene rings is 2. The van der Waals surface area contributed by atoms with Gasteiger partial charge in [-0.15, -0.1) is 0 Å². The normalized spacial score (nSPS) is 18.1. The Morgan fingerprint density at radius 1 is 1.09 bits per heavy atom. The van der Waals surface area contributed by atoms with Crippen molar-refractivity contribution in [3.63, 3.8) is 0 Å². The van der Waals surface area contributed by atoms with Crippen LogP contribution in [0.2, 0.25) is 0 Å². The van der Waals surface area contributed by atoms with Crippen LogP contribution in [-0.2, 0) is 6.54 Å². The first kappa shape index (κ1) is 22.0. The van der Waals surface area contributed by atoms with Crippen molar-refractivity contribution >= 4 is 22.8 Å². The second-order valence-corrected chi connectivity index (χ2v) is 8.57. The highest BCUT2D eigenvalue weighted by Gasteiger charge is 2.20. The van der Waals surface area contributed by atoms with E-state index in [1.807, 2.05) is 36.4 Å². The van der Waals surface area contributed by atoms with Crippen molar-refractivity contribution in [2.24, 2.45) is 0 Å². The first-order valence-corrected chi connectivity index (χ1v) is 11.4. The molecule has 2 aromatic carbocycles. The molecule has 2 aromatic heterocycles. The van der Waals surface area contributed by atoms with Gasteiger partial charge in [0.25, 0.3) is 11.8 Å². The molecule has 1 fully saturated rings. The molecule has 0 spiro atoms. The van der Waals surface area contributed by atoms with Crippen molar-refractivity contribution in [3.8, 4) is 11.5 Å². The zero-order valence-electron chi connectivity index (χ0n) is 18.9. The standard InChI is InChI=1S/C25H26N6O3/c1-15-28-24(34-31-15)20-7-3-2-5-16(20)13-26-23(33)21-8-4-6-17-14-27-25(30-22(17)21)29-18-9-11-19(32)12-10-18/h2-8,14,18-19,32H,9-13H2,1H3,(H,26,33)(H,27,29,30)/t18-,19-. The second kappa shape index (κ2) is 9.56. The Labute approximate surface area is 196 Å². The molecule has 1 aliphatic rings. The zero-order chi connectivity index (χ0) is 23.5. The number of hydrogen-bond donors (Lipinski definition) is 3. The maximum Gasteiger partial charge on any atom is 0.258 e. The largest absolute Gasteiger partial charge is 0.393 e. The number of rotatable bonds is 6. The van der Waals surface area contributed by atoms with Gasteiger partial charge in [0.2, 0.25) is 5.95 Å². The fourth-order valence-electron chi connectivity index (χ4n) is 4.27. The summed E-state index contributed by atoms with van der Waals surface area (Å²) in [5.74, 6) is 1.24. The first-order valence-electron chi connectivity index (χ1n) is 11.4. The van der Waals surface area contributed by atoms with Gasteiger partial charge in [-0.05, 0) is 50.3 Å². The minimum Gasteiger partial charge on any atom is -0.393 e. The minimum atomic E-state index is -0.229. The molecule has 0 saturated heterocycles. The number of nitrogens with one attached hydrogen (secondary N) is 2. The van der Waals surface area contributed by atoms with Gasteiger partial charge in [0.15, 0.2) is 5.82 Å². The molecule has 0 unspecified atom stereocenters. The van der Waals surface area contributed by atoms with Crippen LogP contribution in [0.5, 0.6) is 0 Å². The lowest BCUT2D eigenvalue weighted by molar-refractivity contribution is 0.0952. The highest BCUT2D eigenvalue weighted by molar-refractivity contribution is 6.05. The molecule has 1 aliphatic carbocycles. The Hall–Kier alpha value is -3.85. The third-order valence-electron chi connectivity index (χ3n) is 6.10. The number of fused-ring (bicyclic) bond motifs is 1. The average Bonchev–Trinajstić information content (AvgIpc) is 3.30. The molecule has 0 aliphatic heterocycles. The number of nitrogens with zero attached hydrogens (tertiary/aromatic N) is 4. The second-order valence-electron chi connectivity index (χ2n) is 8.57. The lowest BCUT2D eigenvalue weighted by Crippen LogP contribution is -2.29. The summed E-state index contributed by atoms with van der Waals surface area (Å²) in [7, 11) is 0. The highest BCUT2D eigenvalue weighted by atomic mass is 16.5. The first-order chi connectivity index (χ1) is 16.6. The Bertz CT molecular complexity index is 1310. The summed E-state index contributed by atoms with van der Waals surface area (Å²) < 4.78 is 5.31. The molecule has 2 heterocycles. The fraction of sp³-hybridized carbons (Fsp3) is 0.320. The fourth-order valence-corrected chi connectivity index (χ4v) is 4.27. The Balaban J connectivity index is 1.34. The number of aliphatic hydroxyl groups excluding tert-OH is 1. The number of para-hydroxylation sites is 1. The van der Waals surface area contributed by atoms with Crippen LogP contribution in [0.4, 0.5) is 5.95 Å². The number of carbonyl (C=O) groups excluding carboxylic acids is 1. The number of carbonyl (C=O) groups is 1. The Morgan fingerprint density at radius 2 is 1.91 bits per heavy atom. The molecule has 9 heteroatoms. The molecule has 9 nitrogen and oxygen atoms in total. The van der Waals surface area contributed by atoms with Gasteiger partial charge in [-0.2, -0.15) is 4.98 Å². The molecule has 0 bridgehead atoms. The summed E-state index contributed by atoms with van der Waals surface area (Å²) in [5, 5.41) is 20.7. The molecule has 1 amide bonds. The predicted molar refractivity (Wildman–Crippen MR) is 127 cm³/mol. The van der Waals surface area contributed by atoms with Crippen molar-refractivity contribution in [1.29, 1.82) is 0 Å². The van der Waals surface area contributed by atoms with E-state index in [-0.39, 0.29) is 18.1 Å². The van der Waals surface area contributed by atoms with Crippen LogP contribution in [0.15, 0.2) is 53.2 Å². The van der Waals surface area contributed by atoms with Crippen molar-refractivity contribution in [2.75, 3.05) is 5.32 Å². The summed E-state index contributed by atoms with van der Waals surface area (Å²) in [6, 6.07) is 13.3. The SMILES string of the molecule is Cc1noc(-c2ccccc2CNC(=O)c2cccc3cnc(N[C@H]4CC[C@H](O)CC4)nc23)n1. The molecule has 34 heavy (non-hydrogen) atoms. The van der Waals surface area contributed by atoms with Crippen LogP contribution in [0.1, 0.15) is 47.4 Å². The van der Waals surface area contributed by atoms with Crippen LogP contribution >= 0.6 is 0 Å². The molecule has 0 atom stereocenters. The Kier molecular flexibility index (Phi) is 6.18. The number of aliphatic hydroxyl groups is 1. The number of amides is 1. The van der Waals surface area contributed by atoms with Crippen LogP contribution in [-0.4, -0.2) is 43.3 Å². The monoisotopic (exact) mass is 458 g/mol. The summed E-state index contributed by atoms with van der Waals surface area (Å²) in [6.45, 7) is 2.06. The molecule has 4 aromatic rings. The molecule has 1 saturated carbocycles. The maximum absolute atomic E-state index is 13.2. The van der Waals surface area contributed by atoms with Crippen molar-refractivity contribution in [1.82, 2.24) is 25.4 Å². The summed E-state index contributed by atoms with van der Waals surface area (Å²) in [4.78, 5) is 26.5. The van der Waals surface area contributed by atoms with E-state index >= 15 is 0 Å². The van der Waals surface area contributed by atoms with E-state index in [0.29, 0.717) is 35.3 Å². The van der Waals surface area contributed by atoms with E-state index in [2.05, 4.69) is 30.7 Å². The average molecular weight is 459 g/mol. The topological polar surface area (TPSA) is 126 Å². The lowest BCUT2D eigenvalue weighted by atomic mass is 9.93. The molecular weight excluding hydrogens is 432 g/mol. The Morgan fingerprint density at radius 3 is 2.71 bits per heavy atom. The van der Waals surface area contributed by atoms with Crippen LogP contribution in [0, 0.1) is 6.92 Å². The third kappa shape index (κ3) is 4.74. The van der Waals surface area contributed by atoms with Crippen molar-refractivity contribution in [2.45, 2.75) is 51.3 Å². The predicted octanol–water partition coefficient (Wildman–Crippen LogP) is 3.63. The van der Waals surface area contributed by atoms with Gasteiger partial charge in [0.05, 0.1) is 17.2 Å². The van der Waals surface area contributed by atoms with Crippen LogP contribution in [0.3, 0.4) is 0 Å². The summed E-state index contributed by atoms with van der Waals surface area (Å²) >= 11 is 0. The maximum atomic E-state index is 13.2. The van der Waals surface area contributed by atoms with Gasteiger partial charge in [-0.25, -0.2) is 9.97 Å². The van der Waals surface area contributed by atoms with E-state index in [0.717, 1.165) is 42.2 Å². The zero-order valence-corrected chi connectivity index (χ0v) is 18.9. The van der Waals surface area contributed by atoms with E-state index < -0.39 is 0 Å². The smallest absolute Gasteiger partial charge is 0.258 e. The van der Waals surface area contributed by atoms with E-state index in [1.165, 1.54) is 0 Å².